The van der Waals surface area contributed by atoms with Gasteiger partial charge in [-0.1, -0.05) is 6.07 Å². The van der Waals surface area contributed by atoms with Gasteiger partial charge in [0.05, 0.1) is 6.20 Å². The molecule has 0 atom stereocenters. The summed E-state index contributed by atoms with van der Waals surface area (Å²) < 4.78 is 1.48. The summed E-state index contributed by atoms with van der Waals surface area (Å²) in [6.45, 7) is 4.50. The summed E-state index contributed by atoms with van der Waals surface area (Å²) in [5.74, 6) is 0.323. The molecule has 1 aliphatic heterocycles. The van der Waals surface area contributed by atoms with Crippen LogP contribution in [-0.2, 0) is 0 Å². The molecule has 122 valence electrons. The second-order valence-corrected chi connectivity index (χ2v) is 5.25. The molecule has 1 saturated heterocycles. The van der Waals surface area contributed by atoms with Gasteiger partial charge in [0.1, 0.15) is 0 Å². The van der Waals surface area contributed by atoms with Crippen molar-refractivity contribution in [2.45, 2.75) is 6.92 Å². The fourth-order valence-electron chi connectivity index (χ4n) is 2.74. The van der Waals surface area contributed by atoms with Gasteiger partial charge in [0.15, 0.2) is 0 Å². The van der Waals surface area contributed by atoms with Crippen LogP contribution >= 0.6 is 0 Å². The zero-order valence-electron chi connectivity index (χ0n) is 12.8. The van der Waals surface area contributed by atoms with Crippen molar-refractivity contribution in [3.63, 3.8) is 0 Å². The second-order valence-electron chi connectivity index (χ2n) is 5.25. The van der Waals surface area contributed by atoms with Crippen LogP contribution in [0, 0.1) is 10.1 Å². The molecule has 2 aromatic heterocycles. The molecule has 0 saturated carbocycles. The van der Waals surface area contributed by atoms with E-state index >= 15 is 0 Å². The van der Waals surface area contributed by atoms with E-state index in [1.54, 1.807) is 29.3 Å². The first-order chi connectivity index (χ1) is 11.1. The Morgan fingerprint density at radius 1 is 1.35 bits per heavy atom. The number of carbonyl (C=O) groups excluding carboxylic acids is 1. The van der Waals surface area contributed by atoms with Crippen LogP contribution in [0.25, 0.3) is 5.65 Å². The molecular weight excluding hydrogens is 300 g/mol. The van der Waals surface area contributed by atoms with Crippen molar-refractivity contribution >= 4 is 23.3 Å². The Hall–Kier alpha value is -2.84. The maximum Gasteiger partial charge on any atom is 0.372 e. The molecule has 2 aromatic rings. The molecule has 0 aliphatic carbocycles. The van der Waals surface area contributed by atoms with Crippen LogP contribution in [0.5, 0.6) is 0 Å². The number of hydrogen-bond donors (Lipinski definition) is 1. The maximum atomic E-state index is 11.8. The molecule has 1 aliphatic rings. The third kappa shape index (κ3) is 2.77. The molecule has 0 unspecified atom stereocenters. The van der Waals surface area contributed by atoms with E-state index in [0.29, 0.717) is 44.2 Å². The van der Waals surface area contributed by atoms with Crippen molar-refractivity contribution < 1.29 is 9.72 Å². The monoisotopic (exact) mass is 318 g/mol. The van der Waals surface area contributed by atoms with Gasteiger partial charge in [0.25, 0.3) is 0 Å². The molecule has 23 heavy (non-hydrogen) atoms. The van der Waals surface area contributed by atoms with Crippen LogP contribution < -0.4 is 10.2 Å². The van der Waals surface area contributed by atoms with Crippen molar-refractivity contribution in [1.82, 2.24) is 19.6 Å². The molecule has 0 spiro atoms. The quantitative estimate of drug-likeness (QED) is 0.675. The number of carbonyl (C=O) groups is 1. The summed E-state index contributed by atoms with van der Waals surface area (Å²) in [6.07, 6.45) is 1.63. The normalized spacial score (nSPS) is 15.0. The Morgan fingerprint density at radius 3 is 2.74 bits per heavy atom. The Labute approximate surface area is 132 Å². The highest BCUT2D eigenvalue weighted by atomic mass is 16.6. The summed E-state index contributed by atoms with van der Waals surface area (Å²) in [5, 5.41) is 14.2. The lowest BCUT2D eigenvalue weighted by Crippen LogP contribution is -2.52. The van der Waals surface area contributed by atoms with Crippen molar-refractivity contribution in [1.29, 1.82) is 0 Å². The Balaban J connectivity index is 1.83. The first-order valence-corrected chi connectivity index (χ1v) is 7.51. The van der Waals surface area contributed by atoms with Crippen LogP contribution in [0.3, 0.4) is 0 Å². The van der Waals surface area contributed by atoms with E-state index in [1.165, 1.54) is 4.40 Å². The first-order valence-electron chi connectivity index (χ1n) is 7.51. The van der Waals surface area contributed by atoms with Crippen molar-refractivity contribution in [3.05, 3.63) is 34.5 Å². The van der Waals surface area contributed by atoms with E-state index in [2.05, 4.69) is 10.3 Å². The lowest BCUT2D eigenvalue weighted by molar-refractivity contribution is -0.389. The third-order valence-corrected chi connectivity index (χ3v) is 3.85. The van der Waals surface area contributed by atoms with Gasteiger partial charge in [-0.2, -0.15) is 9.38 Å². The number of pyridine rings is 1. The molecule has 0 radical (unpaired) electrons. The number of piperazine rings is 1. The highest BCUT2D eigenvalue weighted by Gasteiger charge is 2.30. The Morgan fingerprint density at radius 2 is 2.09 bits per heavy atom. The largest absolute Gasteiger partial charge is 0.372 e. The summed E-state index contributed by atoms with van der Waals surface area (Å²) in [7, 11) is 0. The minimum absolute atomic E-state index is 0.0351. The van der Waals surface area contributed by atoms with Gasteiger partial charge in [-0.15, -0.1) is 0 Å². The van der Waals surface area contributed by atoms with E-state index < -0.39 is 4.92 Å². The molecule has 3 rings (SSSR count). The third-order valence-electron chi connectivity index (χ3n) is 3.85. The average Bonchev–Trinajstić information content (AvgIpc) is 2.95. The molecular formula is C14H18N6O3. The summed E-state index contributed by atoms with van der Waals surface area (Å²) in [5.41, 5.74) is 0.542. The summed E-state index contributed by atoms with van der Waals surface area (Å²) in [4.78, 5) is 30.8. The van der Waals surface area contributed by atoms with Crippen LogP contribution in [-0.4, -0.2) is 58.0 Å². The maximum absolute atomic E-state index is 11.8. The lowest BCUT2D eigenvalue weighted by Gasteiger charge is -2.34. The van der Waals surface area contributed by atoms with Gasteiger partial charge < -0.3 is 25.2 Å². The molecule has 9 nitrogen and oxygen atoms in total. The number of urea groups is 1. The van der Waals surface area contributed by atoms with Gasteiger partial charge in [0, 0.05) is 38.8 Å². The summed E-state index contributed by atoms with van der Waals surface area (Å²) in [6, 6.07) is 5.17. The number of rotatable bonds is 3. The topological polar surface area (TPSA) is 96.0 Å². The number of nitrogens with one attached hydrogen (secondary N) is 1. The Bertz CT molecular complexity index is 735. The van der Waals surface area contributed by atoms with Crippen molar-refractivity contribution in [2.24, 2.45) is 0 Å². The van der Waals surface area contributed by atoms with Gasteiger partial charge in [0.2, 0.25) is 11.5 Å². The van der Waals surface area contributed by atoms with Gasteiger partial charge in [-0.25, -0.2) is 4.79 Å². The molecule has 1 fully saturated rings. The number of nitro groups is 1. The number of hydrogen-bond acceptors (Lipinski definition) is 5. The number of nitrogens with zero attached hydrogens (tertiary/aromatic N) is 5. The molecule has 3 heterocycles. The minimum atomic E-state index is -0.411. The number of anilines is 1. The predicted molar refractivity (Wildman–Crippen MR) is 84.7 cm³/mol. The predicted octanol–water partition coefficient (Wildman–Crippen LogP) is 1.09. The lowest BCUT2D eigenvalue weighted by atomic mass is 10.3. The van der Waals surface area contributed by atoms with Crippen LogP contribution in [0.1, 0.15) is 6.92 Å². The number of fused-ring (bicyclic) bond motifs is 1. The number of imidazole rings is 1. The van der Waals surface area contributed by atoms with E-state index in [0.717, 1.165) is 0 Å². The van der Waals surface area contributed by atoms with E-state index in [1.807, 2.05) is 11.8 Å². The summed E-state index contributed by atoms with van der Waals surface area (Å²) >= 11 is 0. The van der Waals surface area contributed by atoms with Crippen molar-refractivity contribution in [2.75, 3.05) is 37.6 Å². The van der Waals surface area contributed by atoms with Gasteiger partial charge >= 0.3 is 11.8 Å². The molecule has 2 amide bonds. The highest BCUT2D eigenvalue weighted by Crippen LogP contribution is 2.29. The van der Waals surface area contributed by atoms with E-state index in [4.69, 9.17) is 0 Å². The molecule has 1 N–H and O–H groups in total. The second kappa shape index (κ2) is 6.11. The molecule has 0 bridgehead atoms. The highest BCUT2D eigenvalue weighted by molar-refractivity contribution is 5.74. The van der Waals surface area contributed by atoms with Gasteiger partial charge in [-0.3, -0.25) is 0 Å². The number of amides is 2. The van der Waals surface area contributed by atoms with Crippen LogP contribution in [0.4, 0.5) is 16.4 Å². The van der Waals surface area contributed by atoms with Crippen LogP contribution in [0.2, 0.25) is 0 Å². The zero-order chi connectivity index (χ0) is 16.4. The average molecular weight is 318 g/mol. The van der Waals surface area contributed by atoms with E-state index in [-0.39, 0.29) is 11.8 Å². The minimum Gasteiger partial charge on any atom is -0.358 e. The standard InChI is InChI=1S/C14H18N6O3/c1-2-15-14(21)18-9-7-17(8-10-18)12-13(20(22)23)19-6-4-3-5-11(19)16-12/h3-6H,2,7-10H2,1H3,(H,15,21). The Kier molecular flexibility index (Phi) is 4.00. The molecule has 0 aromatic carbocycles. The number of aromatic nitrogens is 2. The molecule has 9 heteroatoms. The van der Waals surface area contributed by atoms with E-state index in [9.17, 15) is 14.9 Å². The fourth-order valence-corrected chi connectivity index (χ4v) is 2.74. The van der Waals surface area contributed by atoms with Crippen molar-refractivity contribution in [3.8, 4) is 0 Å². The van der Waals surface area contributed by atoms with Gasteiger partial charge in [-0.05, 0) is 17.9 Å². The smallest absolute Gasteiger partial charge is 0.358 e. The SMILES string of the molecule is CCNC(=O)N1CCN(c2nc3ccccn3c2[N+](=O)[O-])CC1. The van der Waals surface area contributed by atoms with Crippen LogP contribution in [0.15, 0.2) is 24.4 Å². The zero-order valence-corrected chi connectivity index (χ0v) is 12.8. The first kappa shape index (κ1) is 15.1. The fraction of sp³-hybridized carbons (Fsp3) is 0.429.